The smallest absolute Gasteiger partial charge is 0.0387 e. The third-order valence-corrected chi connectivity index (χ3v) is 3.04. The van der Waals surface area contributed by atoms with Gasteiger partial charge in [-0.2, -0.15) is 0 Å². The van der Waals surface area contributed by atoms with Crippen LogP contribution in [0.2, 0.25) is 0 Å². The SMILES string of the molecule is C=C(C)Cc1ccccc1C(=C)Nc1ccc(N)cc1. The molecule has 2 aromatic rings. The van der Waals surface area contributed by atoms with Crippen molar-refractivity contribution in [3.8, 4) is 0 Å². The second-order valence-electron chi connectivity index (χ2n) is 5.02. The predicted molar refractivity (Wildman–Crippen MR) is 88.5 cm³/mol. The van der Waals surface area contributed by atoms with Gasteiger partial charge in [-0.3, -0.25) is 0 Å². The zero-order valence-electron chi connectivity index (χ0n) is 11.8. The van der Waals surface area contributed by atoms with Crippen LogP contribution in [0.4, 0.5) is 11.4 Å². The first-order valence-corrected chi connectivity index (χ1v) is 6.60. The fourth-order valence-corrected chi connectivity index (χ4v) is 2.10. The average Bonchev–Trinajstić information content (AvgIpc) is 2.41. The summed E-state index contributed by atoms with van der Waals surface area (Å²) < 4.78 is 0. The Morgan fingerprint density at radius 2 is 1.70 bits per heavy atom. The van der Waals surface area contributed by atoms with E-state index in [-0.39, 0.29) is 0 Å². The van der Waals surface area contributed by atoms with Gasteiger partial charge in [0.2, 0.25) is 0 Å². The quantitative estimate of drug-likeness (QED) is 0.617. The molecule has 0 aromatic heterocycles. The minimum absolute atomic E-state index is 0.754. The molecular formula is C18H20N2. The summed E-state index contributed by atoms with van der Waals surface area (Å²) in [5.41, 5.74) is 11.8. The Balaban J connectivity index is 2.20. The Kier molecular flexibility index (Phi) is 4.26. The van der Waals surface area contributed by atoms with E-state index in [1.165, 1.54) is 5.56 Å². The zero-order valence-corrected chi connectivity index (χ0v) is 11.8. The lowest BCUT2D eigenvalue weighted by atomic mass is 9.99. The minimum Gasteiger partial charge on any atom is -0.399 e. The first kappa shape index (κ1) is 13.9. The highest BCUT2D eigenvalue weighted by Gasteiger charge is 2.06. The minimum atomic E-state index is 0.754. The average molecular weight is 264 g/mol. The van der Waals surface area contributed by atoms with Crippen LogP contribution in [0.15, 0.2) is 67.3 Å². The van der Waals surface area contributed by atoms with E-state index in [1.54, 1.807) is 0 Å². The number of anilines is 2. The molecule has 20 heavy (non-hydrogen) atoms. The molecule has 2 heteroatoms. The summed E-state index contributed by atoms with van der Waals surface area (Å²) in [6, 6.07) is 15.9. The highest BCUT2D eigenvalue weighted by Crippen LogP contribution is 2.22. The summed E-state index contributed by atoms with van der Waals surface area (Å²) in [6.07, 6.45) is 0.860. The van der Waals surface area contributed by atoms with Gasteiger partial charge in [-0.15, -0.1) is 0 Å². The van der Waals surface area contributed by atoms with E-state index in [4.69, 9.17) is 5.73 Å². The number of nitrogen functional groups attached to an aromatic ring is 1. The second kappa shape index (κ2) is 6.11. The van der Waals surface area contributed by atoms with Crippen molar-refractivity contribution in [2.45, 2.75) is 13.3 Å². The summed E-state index contributed by atoms with van der Waals surface area (Å²) in [7, 11) is 0. The highest BCUT2D eigenvalue weighted by atomic mass is 14.9. The molecule has 0 unspecified atom stereocenters. The van der Waals surface area contributed by atoms with Crippen molar-refractivity contribution in [3.05, 3.63) is 78.4 Å². The van der Waals surface area contributed by atoms with E-state index in [0.717, 1.165) is 34.6 Å². The molecule has 2 rings (SSSR count). The van der Waals surface area contributed by atoms with Gasteiger partial charge >= 0.3 is 0 Å². The number of benzene rings is 2. The Hall–Kier alpha value is -2.48. The number of hydrogen-bond donors (Lipinski definition) is 2. The molecule has 2 nitrogen and oxygen atoms in total. The first-order chi connectivity index (χ1) is 9.56. The van der Waals surface area contributed by atoms with Gasteiger partial charge in [0.15, 0.2) is 0 Å². The Morgan fingerprint density at radius 1 is 1.05 bits per heavy atom. The van der Waals surface area contributed by atoms with Gasteiger partial charge in [0.05, 0.1) is 0 Å². The van der Waals surface area contributed by atoms with Crippen LogP contribution in [0.3, 0.4) is 0 Å². The number of nitrogens with two attached hydrogens (primary N) is 1. The maximum Gasteiger partial charge on any atom is 0.0387 e. The zero-order chi connectivity index (χ0) is 14.5. The summed E-state index contributed by atoms with van der Waals surface area (Å²) in [6.45, 7) is 10.2. The van der Waals surface area contributed by atoms with Gasteiger partial charge in [-0.25, -0.2) is 0 Å². The molecule has 102 valence electrons. The fourth-order valence-electron chi connectivity index (χ4n) is 2.10. The van der Waals surface area contributed by atoms with Crippen LogP contribution < -0.4 is 11.1 Å². The highest BCUT2D eigenvalue weighted by molar-refractivity contribution is 5.77. The van der Waals surface area contributed by atoms with Gasteiger partial charge in [-0.1, -0.05) is 43.0 Å². The molecule has 0 aliphatic heterocycles. The van der Waals surface area contributed by atoms with Crippen LogP contribution in [-0.4, -0.2) is 0 Å². The molecule has 0 heterocycles. The largest absolute Gasteiger partial charge is 0.399 e. The molecule has 0 radical (unpaired) electrons. The molecule has 3 N–H and O–H groups in total. The van der Waals surface area contributed by atoms with Gasteiger partial charge in [0.1, 0.15) is 0 Å². The molecule has 0 amide bonds. The molecule has 0 spiro atoms. The van der Waals surface area contributed by atoms with Crippen LogP contribution in [0.5, 0.6) is 0 Å². The summed E-state index contributed by atoms with van der Waals surface area (Å²) in [5, 5.41) is 3.32. The number of rotatable bonds is 5. The summed E-state index contributed by atoms with van der Waals surface area (Å²) in [4.78, 5) is 0. The Morgan fingerprint density at radius 3 is 2.35 bits per heavy atom. The Labute approximate surface area is 120 Å². The third kappa shape index (κ3) is 3.51. The van der Waals surface area contributed by atoms with E-state index < -0.39 is 0 Å². The summed E-state index contributed by atoms with van der Waals surface area (Å²) >= 11 is 0. The van der Waals surface area contributed by atoms with Crippen molar-refractivity contribution in [2.75, 3.05) is 11.1 Å². The van der Waals surface area contributed by atoms with E-state index in [0.29, 0.717) is 0 Å². The number of allylic oxidation sites excluding steroid dienone is 1. The first-order valence-electron chi connectivity index (χ1n) is 6.60. The molecule has 0 fully saturated rings. The standard InChI is InChI=1S/C18H20N2/c1-13(2)12-15-6-4-5-7-18(15)14(3)20-17-10-8-16(19)9-11-17/h4-11,20H,1,3,12,19H2,2H3. The monoisotopic (exact) mass is 264 g/mol. The number of nitrogens with one attached hydrogen (secondary N) is 1. The van der Waals surface area contributed by atoms with Crippen molar-refractivity contribution >= 4 is 17.1 Å². The molecule has 0 saturated carbocycles. The normalized spacial score (nSPS) is 10.1. The molecule has 2 aromatic carbocycles. The lowest BCUT2D eigenvalue weighted by Gasteiger charge is -2.14. The fraction of sp³-hybridized carbons (Fsp3) is 0.111. The van der Waals surface area contributed by atoms with E-state index in [1.807, 2.05) is 43.3 Å². The lowest BCUT2D eigenvalue weighted by molar-refractivity contribution is 1.14. The predicted octanol–water partition coefficient (Wildman–Crippen LogP) is 4.47. The van der Waals surface area contributed by atoms with Crippen molar-refractivity contribution in [3.63, 3.8) is 0 Å². The van der Waals surface area contributed by atoms with Gasteiger partial charge in [-0.05, 0) is 43.2 Å². The number of hydrogen-bond acceptors (Lipinski definition) is 2. The molecule has 0 aliphatic rings. The van der Waals surface area contributed by atoms with Crippen LogP contribution in [-0.2, 0) is 6.42 Å². The molecule has 0 aliphatic carbocycles. The van der Waals surface area contributed by atoms with Gasteiger partial charge in [0.25, 0.3) is 0 Å². The van der Waals surface area contributed by atoms with E-state index in [9.17, 15) is 0 Å². The molecular weight excluding hydrogens is 244 g/mol. The van der Waals surface area contributed by atoms with Crippen molar-refractivity contribution in [1.82, 2.24) is 0 Å². The maximum atomic E-state index is 5.69. The topological polar surface area (TPSA) is 38.0 Å². The third-order valence-electron chi connectivity index (χ3n) is 3.04. The molecule has 0 atom stereocenters. The van der Waals surface area contributed by atoms with Crippen LogP contribution in [0.25, 0.3) is 5.70 Å². The maximum absolute atomic E-state index is 5.69. The van der Waals surface area contributed by atoms with Crippen LogP contribution in [0, 0.1) is 0 Å². The van der Waals surface area contributed by atoms with Crippen molar-refractivity contribution in [1.29, 1.82) is 0 Å². The van der Waals surface area contributed by atoms with E-state index in [2.05, 4.69) is 30.6 Å². The Bertz CT molecular complexity index is 624. The van der Waals surface area contributed by atoms with E-state index >= 15 is 0 Å². The van der Waals surface area contributed by atoms with Crippen molar-refractivity contribution in [2.24, 2.45) is 0 Å². The van der Waals surface area contributed by atoms with Gasteiger partial charge in [0, 0.05) is 22.6 Å². The van der Waals surface area contributed by atoms with Crippen LogP contribution in [0.1, 0.15) is 18.1 Å². The van der Waals surface area contributed by atoms with Crippen LogP contribution >= 0.6 is 0 Å². The second-order valence-corrected chi connectivity index (χ2v) is 5.02. The summed E-state index contributed by atoms with van der Waals surface area (Å²) in [5.74, 6) is 0. The lowest BCUT2D eigenvalue weighted by Crippen LogP contribution is -2.01. The van der Waals surface area contributed by atoms with Crippen molar-refractivity contribution < 1.29 is 0 Å². The molecule has 0 saturated heterocycles. The van der Waals surface area contributed by atoms with Gasteiger partial charge < -0.3 is 11.1 Å². The molecule has 0 bridgehead atoms.